The molecule has 3 aromatic rings. The number of anilines is 1. The standard InChI is InChI=1S/C19H21N3O2/c1-3-24-12-13-9-15-16(11-21-23-2)18(14-7-5-4-6-8-14)22-19(15)17(20)10-13/h4-11,22H,3,12,20H2,1-2H3. The van der Waals surface area contributed by atoms with Crippen molar-refractivity contribution < 1.29 is 9.57 Å². The fourth-order valence-corrected chi connectivity index (χ4v) is 2.78. The van der Waals surface area contributed by atoms with Crippen LogP contribution < -0.4 is 5.73 Å². The predicted octanol–water partition coefficient (Wildman–Crippen LogP) is 3.93. The Bertz CT molecular complexity index is 854. The van der Waals surface area contributed by atoms with Gasteiger partial charge in [0, 0.05) is 17.6 Å². The molecule has 3 N–H and O–H groups in total. The number of oxime groups is 1. The maximum atomic E-state index is 6.26. The zero-order valence-corrected chi connectivity index (χ0v) is 13.9. The Morgan fingerprint density at radius 3 is 2.71 bits per heavy atom. The van der Waals surface area contributed by atoms with Crippen LogP contribution in [0.3, 0.4) is 0 Å². The number of nitrogens with two attached hydrogens (primary N) is 1. The molecule has 0 spiro atoms. The van der Waals surface area contributed by atoms with Gasteiger partial charge in [0.2, 0.25) is 0 Å². The van der Waals surface area contributed by atoms with E-state index in [-0.39, 0.29) is 0 Å². The Morgan fingerprint density at radius 2 is 2.00 bits per heavy atom. The molecule has 0 fully saturated rings. The molecule has 124 valence electrons. The topological polar surface area (TPSA) is 72.6 Å². The van der Waals surface area contributed by atoms with Gasteiger partial charge in [0.15, 0.2) is 0 Å². The number of nitrogens with zero attached hydrogens (tertiary/aromatic N) is 1. The van der Waals surface area contributed by atoms with Crippen molar-refractivity contribution in [1.29, 1.82) is 0 Å². The van der Waals surface area contributed by atoms with Crippen LogP contribution in [-0.2, 0) is 16.2 Å². The highest BCUT2D eigenvalue weighted by Gasteiger charge is 2.15. The van der Waals surface area contributed by atoms with Crippen LogP contribution in [0.25, 0.3) is 22.2 Å². The van der Waals surface area contributed by atoms with E-state index in [1.54, 1.807) is 6.21 Å². The van der Waals surface area contributed by atoms with Crippen molar-refractivity contribution in [3.05, 3.63) is 53.6 Å². The number of H-pyrrole nitrogens is 1. The molecule has 3 rings (SSSR count). The molecule has 1 heterocycles. The lowest BCUT2D eigenvalue weighted by Gasteiger charge is -2.05. The predicted molar refractivity (Wildman–Crippen MR) is 98.1 cm³/mol. The zero-order chi connectivity index (χ0) is 16.9. The molecule has 0 aliphatic carbocycles. The second-order valence-electron chi connectivity index (χ2n) is 5.44. The van der Waals surface area contributed by atoms with Crippen LogP contribution in [-0.4, -0.2) is 24.9 Å². The first-order valence-corrected chi connectivity index (χ1v) is 7.88. The van der Waals surface area contributed by atoms with E-state index in [4.69, 9.17) is 15.3 Å². The van der Waals surface area contributed by atoms with Crippen LogP contribution >= 0.6 is 0 Å². The summed E-state index contributed by atoms with van der Waals surface area (Å²) in [7, 11) is 1.53. The van der Waals surface area contributed by atoms with Gasteiger partial charge in [0.25, 0.3) is 0 Å². The molecule has 0 saturated carbocycles. The Balaban J connectivity index is 2.21. The summed E-state index contributed by atoms with van der Waals surface area (Å²) < 4.78 is 5.51. The molecule has 0 bridgehead atoms. The number of rotatable bonds is 6. The molecule has 0 atom stereocenters. The number of hydrogen-bond donors (Lipinski definition) is 2. The second-order valence-corrected chi connectivity index (χ2v) is 5.44. The van der Waals surface area contributed by atoms with Gasteiger partial charge in [0.05, 0.1) is 29.7 Å². The van der Waals surface area contributed by atoms with Gasteiger partial charge in [-0.25, -0.2) is 0 Å². The van der Waals surface area contributed by atoms with Crippen molar-refractivity contribution in [1.82, 2.24) is 4.98 Å². The Kier molecular flexibility index (Phi) is 4.82. The number of hydrogen-bond acceptors (Lipinski definition) is 4. The molecule has 2 aromatic carbocycles. The van der Waals surface area contributed by atoms with E-state index in [1.807, 2.05) is 43.3 Å². The fourth-order valence-electron chi connectivity index (χ4n) is 2.78. The highest BCUT2D eigenvalue weighted by atomic mass is 16.6. The summed E-state index contributed by atoms with van der Waals surface area (Å²) in [5.74, 6) is 0. The van der Waals surface area contributed by atoms with Crippen LogP contribution in [0.2, 0.25) is 0 Å². The largest absolute Gasteiger partial charge is 0.399 e. The summed E-state index contributed by atoms with van der Waals surface area (Å²) in [6.45, 7) is 3.17. The third kappa shape index (κ3) is 3.12. The van der Waals surface area contributed by atoms with Gasteiger partial charge in [-0.15, -0.1) is 0 Å². The van der Waals surface area contributed by atoms with Crippen molar-refractivity contribution in [2.45, 2.75) is 13.5 Å². The summed E-state index contributed by atoms with van der Waals surface area (Å²) in [4.78, 5) is 8.31. The van der Waals surface area contributed by atoms with Crippen molar-refractivity contribution in [3.63, 3.8) is 0 Å². The summed E-state index contributed by atoms with van der Waals surface area (Å²) in [6.07, 6.45) is 1.71. The molecular formula is C19H21N3O2. The van der Waals surface area contributed by atoms with E-state index >= 15 is 0 Å². The lowest BCUT2D eigenvalue weighted by Crippen LogP contribution is -1.95. The number of nitrogens with one attached hydrogen (secondary N) is 1. The molecular weight excluding hydrogens is 302 g/mol. The average molecular weight is 323 g/mol. The maximum Gasteiger partial charge on any atom is 0.106 e. The van der Waals surface area contributed by atoms with E-state index in [2.05, 4.69) is 16.2 Å². The van der Waals surface area contributed by atoms with E-state index in [1.165, 1.54) is 7.11 Å². The fraction of sp³-hybridized carbons (Fsp3) is 0.211. The molecule has 5 heteroatoms. The van der Waals surface area contributed by atoms with E-state index < -0.39 is 0 Å². The number of aromatic amines is 1. The molecule has 0 amide bonds. The zero-order valence-electron chi connectivity index (χ0n) is 13.9. The molecule has 0 aliphatic rings. The highest BCUT2D eigenvalue weighted by Crippen LogP contribution is 2.33. The summed E-state index contributed by atoms with van der Waals surface area (Å²) >= 11 is 0. The first-order valence-electron chi connectivity index (χ1n) is 7.88. The van der Waals surface area contributed by atoms with Gasteiger partial charge in [-0.2, -0.15) is 0 Å². The first-order chi connectivity index (χ1) is 11.7. The van der Waals surface area contributed by atoms with E-state index in [9.17, 15) is 0 Å². The molecule has 0 saturated heterocycles. The van der Waals surface area contributed by atoms with Gasteiger partial charge in [-0.3, -0.25) is 0 Å². The summed E-state index contributed by atoms with van der Waals surface area (Å²) in [5.41, 5.74) is 11.9. The van der Waals surface area contributed by atoms with Gasteiger partial charge in [-0.1, -0.05) is 35.5 Å². The van der Waals surface area contributed by atoms with Crippen LogP contribution in [0.5, 0.6) is 0 Å². The Labute approximate surface area is 141 Å². The SMILES string of the molecule is CCOCc1cc(N)c2[nH]c(-c3ccccc3)c(C=NOC)c2c1. The lowest BCUT2D eigenvalue weighted by atomic mass is 10.0. The Hall–Kier alpha value is -2.79. The Morgan fingerprint density at radius 1 is 1.21 bits per heavy atom. The minimum Gasteiger partial charge on any atom is -0.399 e. The van der Waals surface area contributed by atoms with Crippen LogP contribution in [0.1, 0.15) is 18.1 Å². The average Bonchev–Trinajstić information content (AvgIpc) is 2.98. The molecule has 0 unspecified atom stereocenters. The van der Waals surface area contributed by atoms with Crippen molar-refractivity contribution in [2.75, 3.05) is 19.5 Å². The first kappa shape index (κ1) is 16.1. The van der Waals surface area contributed by atoms with Gasteiger partial charge in [0.1, 0.15) is 7.11 Å². The minimum atomic E-state index is 0.531. The number of fused-ring (bicyclic) bond motifs is 1. The van der Waals surface area contributed by atoms with Crippen LogP contribution in [0, 0.1) is 0 Å². The summed E-state index contributed by atoms with van der Waals surface area (Å²) in [6, 6.07) is 14.1. The van der Waals surface area contributed by atoms with Gasteiger partial charge >= 0.3 is 0 Å². The normalized spacial score (nSPS) is 11.4. The molecule has 5 nitrogen and oxygen atoms in total. The van der Waals surface area contributed by atoms with Crippen LogP contribution in [0.15, 0.2) is 47.6 Å². The van der Waals surface area contributed by atoms with Crippen molar-refractivity contribution in [3.8, 4) is 11.3 Å². The number of ether oxygens (including phenoxy) is 1. The number of aromatic nitrogens is 1. The monoisotopic (exact) mass is 323 g/mol. The highest BCUT2D eigenvalue weighted by molar-refractivity contribution is 6.09. The van der Waals surface area contributed by atoms with E-state index in [0.717, 1.165) is 33.3 Å². The lowest BCUT2D eigenvalue weighted by molar-refractivity contribution is 0.134. The van der Waals surface area contributed by atoms with Crippen molar-refractivity contribution >= 4 is 22.8 Å². The smallest absolute Gasteiger partial charge is 0.106 e. The third-order valence-electron chi connectivity index (χ3n) is 3.86. The molecule has 0 aliphatic heterocycles. The van der Waals surface area contributed by atoms with Crippen LogP contribution in [0.4, 0.5) is 5.69 Å². The minimum absolute atomic E-state index is 0.531. The number of nitrogen functional groups attached to an aromatic ring is 1. The van der Waals surface area contributed by atoms with E-state index in [0.29, 0.717) is 18.9 Å². The molecule has 24 heavy (non-hydrogen) atoms. The number of benzene rings is 2. The molecule has 0 radical (unpaired) electrons. The third-order valence-corrected chi connectivity index (χ3v) is 3.86. The quantitative estimate of drug-likeness (QED) is 0.410. The van der Waals surface area contributed by atoms with Gasteiger partial charge < -0.3 is 20.3 Å². The van der Waals surface area contributed by atoms with Crippen molar-refractivity contribution in [2.24, 2.45) is 5.16 Å². The summed E-state index contributed by atoms with van der Waals surface area (Å²) in [5, 5.41) is 4.96. The maximum absolute atomic E-state index is 6.26. The second kappa shape index (κ2) is 7.19. The molecule has 1 aromatic heterocycles. The van der Waals surface area contributed by atoms with Gasteiger partial charge in [-0.05, 0) is 30.2 Å².